The zero-order valence-electron chi connectivity index (χ0n) is 18.1. The quantitative estimate of drug-likeness (QED) is 0.362. The summed E-state index contributed by atoms with van der Waals surface area (Å²) in [5, 5.41) is 4.82. The molecule has 0 saturated carbocycles. The maximum absolute atomic E-state index is 12.5. The lowest BCUT2D eigenvalue weighted by molar-refractivity contribution is -0.113. The number of aromatic nitrogens is 3. The highest BCUT2D eigenvalue weighted by Crippen LogP contribution is 2.35. The van der Waals surface area contributed by atoms with Gasteiger partial charge in [-0.3, -0.25) is 4.79 Å². The Balaban J connectivity index is 1.36. The third-order valence-corrected chi connectivity index (χ3v) is 7.83. The molecule has 1 saturated heterocycles. The molecule has 1 aromatic carbocycles. The number of thioether (sulfide) groups is 1. The maximum atomic E-state index is 12.5. The smallest absolute Gasteiger partial charge is 0.234 e. The zero-order chi connectivity index (χ0) is 21.6. The first-order valence-electron chi connectivity index (χ1n) is 11.0. The van der Waals surface area contributed by atoms with Crippen LogP contribution in [0, 0.1) is 5.92 Å². The molecule has 4 rings (SSSR count). The second kappa shape index (κ2) is 10.4. The van der Waals surface area contributed by atoms with Gasteiger partial charge < -0.3 is 10.2 Å². The van der Waals surface area contributed by atoms with Gasteiger partial charge in [0.05, 0.1) is 5.75 Å². The first-order valence-corrected chi connectivity index (χ1v) is 12.8. The van der Waals surface area contributed by atoms with Gasteiger partial charge in [0, 0.05) is 18.8 Å². The van der Waals surface area contributed by atoms with E-state index in [0.29, 0.717) is 5.75 Å². The summed E-state index contributed by atoms with van der Waals surface area (Å²) in [7, 11) is 0. The molecule has 31 heavy (non-hydrogen) atoms. The minimum Gasteiger partial charge on any atom is -0.348 e. The molecule has 0 spiro atoms. The van der Waals surface area contributed by atoms with Crippen LogP contribution in [-0.2, 0) is 11.2 Å². The fraction of sp³-hybridized carbons (Fsp3) is 0.478. The van der Waals surface area contributed by atoms with E-state index < -0.39 is 0 Å². The minimum atomic E-state index is -0.0344. The molecular weight excluding hydrogens is 426 g/mol. The van der Waals surface area contributed by atoms with Crippen LogP contribution in [0.2, 0.25) is 0 Å². The molecule has 0 bridgehead atoms. The maximum Gasteiger partial charge on any atom is 0.234 e. The van der Waals surface area contributed by atoms with E-state index in [1.165, 1.54) is 43.0 Å². The Kier molecular flexibility index (Phi) is 7.40. The number of anilines is 2. The van der Waals surface area contributed by atoms with Gasteiger partial charge in [0.2, 0.25) is 5.91 Å². The average molecular weight is 456 g/mol. The Hall–Kier alpha value is -2.19. The van der Waals surface area contributed by atoms with Gasteiger partial charge >= 0.3 is 0 Å². The van der Waals surface area contributed by atoms with Crippen molar-refractivity contribution in [2.24, 2.45) is 5.92 Å². The second-order valence-electron chi connectivity index (χ2n) is 8.13. The summed E-state index contributed by atoms with van der Waals surface area (Å²) < 4.78 is 0.967. The molecule has 0 atom stereocenters. The Morgan fingerprint density at radius 1 is 1.23 bits per heavy atom. The molecule has 1 amide bonds. The zero-order valence-corrected chi connectivity index (χ0v) is 19.8. The van der Waals surface area contributed by atoms with Gasteiger partial charge in [0.25, 0.3) is 0 Å². The van der Waals surface area contributed by atoms with Crippen molar-refractivity contribution in [2.75, 3.05) is 29.1 Å². The van der Waals surface area contributed by atoms with Gasteiger partial charge in [-0.05, 0) is 49.3 Å². The molecule has 0 unspecified atom stereocenters. The van der Waals surface area contributed by atoms with E-state index in [4.69, 9.17) is 4.98 Å². The molecule has 3 aromatic rings. The number of nitrogens with zero attached hydrogens (tertiary/aromatic N) is 4. The number of carbonyl (C=O) groups excluding carboxylic acids is 1. The predicted molar refractivity (Wildman–Crippen MR) is 130 cm³/mol. The molecule has 2 aromatic heterocycles. The summed E-state index contributed by atoms with van der Waals surface area (Å²) in [5.41, 5.74) is 2.86. The van der Waals surface area contributed by atoms with Crippen molar-refractivity contribution in [2.45, 2.75) is 51.0 Å². The third kappa shape index (κ3) is 5.74. The van der Waals surface area contributed by atoms with E-state index in [2.05, 4.69) is 46.2 Å². The van der Waals surface area contributed by atoms with Gasteiger partial charge in [0.1, 0.15) is 16.1 Å². The number of hydrogen-bond donors (Lipinski definition) is 1. The number of fused-ring (bicyclic) bond motifs is 1. The van der Waals surface area contributed by atoms with Crippen molar-refractivity contribution >= 4 is 50.2 Å². The van der Waals surface area contributed by atoms with Crippen LogP contribution >= 0.6 is 23.1 Å². The predicted octanol–water partition coefficient (Wildman–Crippen LogP) is 5.40. The van der Waals surface area contributed by atoms with E-state index in [0.717, 1.165) is 51.6 Å². The summed E-state index contributed by atoms with van der Waals surface area (Å²) in [6.45, 7) is 6.58. The Morgan fingerprint density at radius 3 is 2.74 bits per heavy atom. The molecule has 0 aliphatic carbocycles. The molecule has 164 valence electrons. The van der Waals surface area contributed by atoms with Gasteiger partial charge in [-0.2, -0.15) is 4.98 Å². The number of benzene rings is 1. The average Bonchev–Trinajstić information content (AvgIpc) is 3.22. The number of amides is 1. The monoisotopic (exact) mass is 455 g/mol. The number of piperidine rings is 1. The number of rotatable bonds is 8. The normalized spacial score (nSPS) is 14.8. The largest absolute Gasteiger partial charge is 0.348 e. The van der Waals surface area contributed by atoms with Crippen molar-refractivity contribution in [3.63, 3.8) is 0 Å². The highest BCUT2D eigenvalue weighted by atomic mass is 32.2. The van der Waals surface area contributed by atoms with Gasteiger partial charge in [-0.15, -0.1) is 0 Å². The summed E-state index contributed by atoms with van der Waals surface area (Å²) >= 11 is 3.07. The lowest BCUT2D eigenvalue weighted by Gasteiger charge is -2.29. The standard InChI is InChI=1S/C23H29N5OS2/c1-3-4-5-17-6-8-18(9-7-17)26-19(29)14-30-22-20-21(24-15-25-22)27-23(31-20)28-12-10-16(2)11-13-28/h6-9,15-16H,3-5,10-14H2,1-2H3,(H,26,29). The highest BCUT2D eigenvalue weighted by molar-refractivity contribution is 8.00. The van der Waals surface area contributed by atoms with E-state index in [1.807, 2.05) is 12.1 Å². The number of aryl methyl sites for hydroxylation is 1. The number of unbranched alkanes of at least 4 members (excludes halogenated alkanes) is 1. The number of carbonyl (C=O) groups is 1. The second-order valence-corrected chi connectivity index (χ2v) is 10.1. The molecule has 8 heteroatoms. The summed E-state index contributed by atoms with van der Waals surface area (Å²) in [5.74, 6) is 1.05. The van der Waals surface area contributed by atoms with Crippen LogP contribution in [0.5, 0.6) is 0 Å². The molecule has 1 aliphatic heterocycles. The fourth-order valence-corrected chi connectivity index (χ4v) is 5.57. The number of hydrogen-bond acceptors (Lipinski definition) is 7. The molecule has 1 fully saturated rings. The third-order valence-electron chi connectivity index (χ3n) is 5.60. The lowest BCUT2D eigenvalue weighted by atomic mass is 10.00. The van der Waals surface area contributed by atoms with Crippen LogP contribution in [0.3, 0.4) is 0 Å². The molecule has 1 N–H and O–H groups in total. The van der Waals surface area contributed by atoms with Gasteiger partial charge in [-0.1, -0.05) is 55.5 Å². The van der Waals surface area contributed by atoms with Crippen LogP contribution in [0.4, 0.5) is 10.8 Å². The van der Waals surface area contributed by atoms with Crippen molar-refractivity contribution in [1.82, 2.24) is 15.0 Å². The molecule has 6 nitrogen and oxygen atoms in total. The van der Waals surface area contributed by atoms with Crippen LogP contribution < -0.4 is 10.2 Å². The minimum absolute atomic E-state index is 0.0344. The molecule has 0 radical (unpaired) electrons. The number of nitrogens with one attached hydrogen (secondary N) is 1. The summed E-state index contributed by atoms with van der Waals surface area (Å²) in [6, 6.07) is 8.13. The summed E-state index contributed by atoms with van der Waals surface area (Å²) in [4.78, 5) is 28.3. The lowest BCUT2D eigenvalue weighted by Crippen LogP contribution is -2.32. The first-order chi connectivity index (χ1) is 15.1. The van der Waals surface area contributed by atoms with Crippen molar-refractivity contribution in [3.8, 4) is 0 Å². The Labute approximate surface area is 191 Å². The molecule has 3 heterocycles. The Morgan fingerprint density at radius 2 is 2.00 bits per heavy atom. The van der Waals surface area contributed by atoms with E-state index >= 15 is 0 Å². The van der Waals surface area contributed by atoms with Crippen LogP contribution in [0.15, 0.2) is 35.6 Å². The van der Waals surface area contributed by atoms with Crippen LogP contribution in [-0.4, -0.2) is 39.7 Å². The van der Waals surface area contributed by atoms with E-state index in [9.17, 15) is 4.79 Å². The molecule has 1 aliphatic rings. The number of thiazole rings is 1. The van der Waals surface area contributed by atoms with E-state index in [1.54, 1.807) is 17.7 Å². The Bertz CT molecular complexity index is 1010. The van der Waals surface area contributed by atoms with Crippen molar-refractivity contribution in [3.05, 3.63) is 36.2 Å². The topological polar surface area (TPSA) is 71.0 Å². The fourth-order valence-electron chi connectivity index (χ4n) is 3.63. The van der Waals surface area contributed by atoms with Crippen molar-refractivity contribution < 1.29 is 4.79 Å². The van der Waals surface area contributed by atoms with E-state index in [-0.39, 0.29) is 5.91 Å². The highest BCUT2D eigenvalue weighted by Gasteiger charge is 2.20. The van der Waals surface area contributed by atoms with Gasteiger partial charge in [0.15, 0.2) is 10.8 Å². The van der Waals surface area contributed by atoms with Gasteiger partial charge in [-0.25, -0.2) is 9.97 Å². The summed E-state index contributed by atoms with van der Waals surface area (Å²) in [6.07, 6.45) is 7.39. The molecular formula is C23H29N5OS2. The first kappa shape index (κ1) is 22.0. The SMILES string of the molecule is CCCCc1ccc(NC(=O)CSc2ncnc3nc(N4CCC(C)CC4)sc23)cc1. The van der Waals surface area contributed by atoms with Crippen LogP contribution in [0.25, 0.3) is 10.3 Å². The van der Waals surface area contributed by atoms with Crippen molar-refractivity contribution in [1.29, 1.82) is 0 Å². The van der Waals surface area contributed by atoms with Crippen LogP contribution in [0.1, 0.15) is 45.1 Å².